The van der Waals surface area contributed by atoms with Crippen LogP contribution in [0.3, 0.4) is 0 Å². The maximum Gasteiger partial charge on any atom is 0.0706 e. The first-order valence-electron chi connectivity index (χ1n) is 8.39. The number of piperazine rings is 1. The molecule has 0 spiro atoms. The first kappa shape index (κ1) is 13.8. The van der Waals surface area contributed by atoms with Gasteiger partial charge < -0.3 is 10.1 Å². The zero-order valence-corrected chi connectivity index (χ0v) is 12.6. The van der Waals surface area contributed by atoms with Crippen molar-refractivity contribution in [1.29, 1.82) is 0 Å². The van der Waals surface area contributed by atoms with Crippen LogP contribution in [0, 0.1) is 5.92 Å². The number of hydrogen-bond acceptors (Lipinski definition) is 3. The molecule has 3 rings (SSSR count). The van der Waals surface area contributed by atoms with Crippen molar-refractivity contribution < 1.29 is 4.74 Å². The molecule has 3 aliphatic rings. The molecule has 1 saturated carbocycles. The first-order chi connectivity index (χ1) is 9.26. The minimum Gasteiger partial charge on any atom is -0.374 e. The van der Waals surface area contributed by atoms with Gasteiger partial charge in [-0.2, -0.15) is 0 Å². The smallest absolute Gasteiger partial charge is 0.0706 e. The second-order valence-corrected chi connectivity index (χ2v) is 6.89. The highest BCUT2D eigenvalue weighted by Crippen LogP contribution is 2.35. The van der Waals surface area contributed by atoms with E-state index in [1.807, 2.05) is 0 Å². The summed E-state index contributed by atoms with van der Waals surface area (Å²) < 4.78 is 6.04. The minimum absolute atomic E-state index is 0.483. The second kappa shape index (κ2) is 6.11. The maximum atomic E-state index is 6.04. The van der Waals surface area contributed by atoms with Crippen LogP contribution in [-0.4, -0.2) is 48.8 Å². The van der Waals surface area contributed by atoms with Gasteiger partial charge in [-0.15, -0.1) is 0 Å². The maximum absolute atomic E-state index is 6.04. The van der Waals surface area contributed by atoms with Gasteiger partial charge in [0.1, 0.15) is 0 Å². The third-order valence-electron chi connectivity index (χ3n) is 5.13. The van der Waals surface area contributed by atoms with E-state index in [2.05, 4.69) is 24.1 Å². The summed E-state index contributed by atoms with van der Waals surface area (Å²) in [6.07, 6.45) is 9.00. The number of nitrogens with one attached hydrogen (secondary N) is 1. The Kier molecular flexibility index (Phi) is 4.45. The highest BCUT2D eigenvalue weighted by molar-refractivity contribution is 4.95. The zero-order chi connectivity index (χ0) is 13.2. The van der Waals surface area contributed by atoms with Gasteiger partial charge in [0, 0.05) is 31.7 Å². The van der Waals surface area contributed by atoms with Gasteiger partial charge in [-0.05, 0) is 44.9 Å². The predicted molar refractivity (Wildman–Crippen MR) is 78.4 cm³/mol. The van der Waals surface area contributed by atoms with Crippen LogP contribution in [0.2, 0.25) is 0 Å². The van der Waals surface area contributed by atoms with Gasteiger partial charge in [-0.3, -0.25) is 4.90 Å². The highest BCUT2D eigenvalue weighted by Gasteiger charge is 2.38. The van der Waals surface area contributed by atoms with Crippen molar-refractivity contribution in [2.45, 2.75) is 76.7 Å². The third kappa shape index (κ3) is 3.50. The molecule has 0 amide bonds. The van der Waals surface area contributed by atoms with Gasteiger partial charge in [-0.25, -0.2) is 0 Å². The van der Waals surface area contributed by atoms with E-state index in [4.69, 9.17) is 4.74 Å². The van der Waals surface area contributed by atoms with Crippen LogP contribution in [0.5, 0.6) is 0 Å². The molecule has 3 fully saturated rings. The van der Waals surface area contributed by atoms with Gasteiger partial charge in [0.2, 0.25) is 0 Å². The fraction of sp³-hybridized carbons (Fsp3) is 1.00. The Morgan fingerprint density at radius 3 is 2.68 bits per heavy atom. The first-order valence-corrected chi connectivity index (χ1v) is 8.39. The van der Waals surface area contributed by atoms with Crippen LogP contribution in [0.1, 0.15) is 52.4 Å². The van der Waals surface area contributed by atoms with Crippen molar-refractivity contribution >= 4 is 0 Å². The molecule has 0 aromatic carbocycles. The molecule has 0 bridgehead atoms. The Morgan fingerprint density at radius 2 is 2.05 bits per heavy atom. The molecule has 2 heterocycles. The van der Waals surface area contributed by atoms with E-state index in [1.54, 1.807) is 0 Å². The van der Waals surface area contributed by atoms with E-state index >= 15 is 0 Å². The standard InChI is InChI=1S/C16H30N2O/c1-3-4-14-9-17-16(13-6-7-13)11-18(14)10-15-8-5-12(2)19-15/h12-17H,3-11H2,1-2H3. The Bertz CT molecular complexity index is 292. The van der Waals surface area contributed by atoms with E-state index in [-0.39, 0.29) is 0 Å². The normalized spacial score (nSPS) is 40.7. The van der Waals surface area contributed by atoms with E-state index < -0.39 is 0 Å². The van der Waals surface area contributed by atoms with E-state index in [1.165, 1.54) is 58.2 Å². The summed E-state index contributed by atoms with van der Waals surface area (Å²) in [6.45, 7) is 8.13. The number of rotatable bonds is 5. The van der Waals surface area contributed by atoms with Crippen LogP contribution in [0.4, 0.5) is 0 Å². The van der Waals surface area contributed by atoms with Gasteiger partial charge in [-0.1, -0.05) is 13.3 Å². The lowest BCUT2D eigenvalue weighted by atomic mass is 10.0. The van der Waals surface area contributed by atoms with Crippen molar-refractivity contribution in [2.24, 2.45) is 5.92 Å². The molecule has 4 atom stereocenters. The van der Waals surface area contributed by atoms with E-state index in [9.17, 15) is 0 Å². The van der Waals surface area contributed by atoms with Crippen molar-refractivity contribution in [3.05, 3.63) is 0 Å². The summed E-state index contributed by atoms with van der Waals surface area (Å²) in [6, 6.07) is 1.49. The van der Waals surface area contributed by atoms with E-state index in [0.29, 0.717) is 12.2 Å². The highest BCUT2D eigenvalue weighted by atomic mass is 16.5. The summed E-state index contributed by atoms with van der Waals surface area (Å²) >= 11 is 0. The number of nitrogens with zero attached hydrogens (tertiary/aromatic N) is 1. The average Bonchev–Trinajstić information content (AvgIpc) is 3.16. The van der Waals surface area contributed by atoms with E-state index in [0.717, 1.165) is 18.0 Å². The molecular weight excluding hydrogens is 236 g/mol. The topological polar surface area (TPSA) is 24.5 Å². The minimum atomic E-state index is 0.483. The van der Waals surface area contributed by atoms with Crippen LogP contribution in [0.25, 0.3) is 0 Å². The summed E-state index contributed by atoms with van der Waals surface area (Å²) in [4.78, 5) is 2.74. The summed E-state index contributed by atoms with van der Waals surface area (Å²) in [7, 11) is 0. The SMILES string of the molecule is CCCC1CNC(C2CC2)CN1CC1CCC(C)O1. The van der Waals surface area contributed by atoms with Crippen molar-refractivity contribution in [3.8, 4) is 0 Å². The number of hydrogen-bond donors (Lipinski definition) is 1. The van der Waals surface area contributed by atoms with Gasteiger partial charge >= 0.3 is 0 Å². The molecule has 1 aliphatic carbocycles. The largest absolute Gasteiger partial charge is 0.374 e. The van der Waals surface area contributed by atoms with Crippen molar-refractivity contribution in [1.82, 2.24) is 10.2 Å². The molecule has 0 aromatic heterocycles. The summed E-state index contributed by atoms with van der Waals surface area (Å²) in [5.74, 6) is 0.966. The quantitative estimate of drug-likeness (QED) is 0.827. The lowest BCUT2D eigenvalue weighted by Gasteiger charge is -2.41. The molecular formula is C16H30N2O. The van der Waals surface area contributed by atoms with Crippen molar-refractivity contribution in [2.75, 3.05) is 19.6 Å². The fourth-order valence-electron chi connectivity index (χ4n) is 3.82. The molecule has 0 aromatic rings. The second-order valence-electron chi connectivity index (χ2n) is 6.89. The number of ether oxygens (including phenoxy) is 1. The molecule has 3 heteroatoms. The van der Waals surface area contributed by atoms with Crippen molar-refractivity contribution in [3.63, 3.8) is 0 Å². The zero-order valence-electron chi connectivity index (χ0n) is 12.6. The Morgan fingerprint density at radius 1 is 1.21 bits per heavy atom. The fourth-order valence-corrected chi connectivity index (χ4v) is 3.82. The molecule has 4 unspecified atom stereocenters. The average molecular weight is 266 g/mol. The molecule has 2 saturated heterocycles. The summed E-state index contributed by atoms with van der Waals surface area (Å²) in [5.41, 5.74) is 0. The van der Waals surface area contributed by atoms with Crippen LogP contribution in [0.15, 0.2) is 0 Å². The lowest BCUT2D eigenvalue weighted by Crippen LogP contribution is -2.58. The third-order valence-corrected chi connectivity index (χ3v) is 5.13. The molecule has 19 heavy (non-hydrogen) atoms. The van der Waals surface area contributed by atoms with Crippen LogP contribution in [-0.2, 0) is 4.74 Å². The molecule has 110 valence electrons. The van der Waals surface area contributed by atoms with Gasteiger partial charge in [0.05, 0.1) is 12.2 Å². The predicted octanol–water partition coefficient (Wildman–Crippen LogP) is 2.41. The lowest BCUT2D eigenvalue weighted by molar-refractivity contribution is 0.00787. The Balaban J connectivity index is 1.56. The molecule has 3 nitrogen and oxygen atoms in total. The summed E-state index contributed by atoms with van der Waals surface area (Å²) in [5, 5.41) is 3.80. The Labute approximate surface area is 118 Å². The Hall–Kier alpha value is -0.120. The van der Waals surface area contributed by atoms with Crippen LogP contribution < -0.4 is 5.32 Å². The van der Waals surface area contributed by atoms with Gasteiger partial charge in [0.25, 0.3) is 0 Å². The molecule has 0 radical (unpaired) electrons. The van der Waals surface area contributed by atoms with Gasteiger partial charge in [0.15, 0.2) is 0 Å². The van der Waals surface area contributed by atoms with Crippen LogP contribution >= 0.6 is 0 Å². The monoisotopic (exact) mass is 266 g/mol. The molecule has 1 N–H and O–H groups in total. The molecule has 2 aliphatic heterocycles.